The van der Waals surface area contributed by atoms with Gasteiger partial charge in [0.1, 0.15) is 5.75 Å². The second kappa shape index (κ2) is 5.06. The fourth-order valence-corrected chi connectivity index (χ4v) is 1.94. The molecule has 94 valence electrons. The first-order chi connectivity index (χ1) is 7.82. The standard InChI is InChI=1S/C12H16BrNO3/c1-12(2,11(16)17-3)10(14)7-5-4-6-8(13)9(7)15/h4-6,10,15H,14H2,1-3H3/t10-/m1/s1. The number of esters is 1. The topological polar surface area (TPSA) is 72.5 Å². The molecule has 0 saturated heterocycles. The number of methoxy groups -OCH3 is 1. The van der Waals surface area contributed by atoms with Crippen LogP contribution in [0.15, 0.2) is 22.7 Å². The van der Waals surface area contributed by atoms with Gasteiger partial charge >= 0.3 is 5.97 Å². The van der Waals surface area contributed by atoms with E-state index < -0.39 is 17.4 Å². The SMILES string of the molecule is COC(=O)C(C)(C)[C@H](N)c1cccc(Br)c1O. The maximum Gasteiger partial charge on any atom is 0.313 e. The molecule has 1 aromatic rings. The van der Waals surface area contributed by atoms with Crippen LogP contribution in [0.2, 0.25) is 0 Å². The van der Waals surface area contributed by atoms with Gasteiger partial charge in [-0.1, -0.05) is 12.1 Å². The van der Waals surface area contributed by atoms with Crippen molar-refractivity contribution in [3.8, 4) is 5.75 Å². The van der Waals surface area contributed by atoms with Crippen molar-refractivity contribution in [3.05, 3.63) is 28.2 Å². The van der Waals surface area contributed by atoms with Crippen LogP contribution in [-0.4, -0.2) is 18.2 Å². The van der Waals surface area contributed by atoms with E-state index in [1.807, 2.05) is 0 Å². The van der Waals surface area contributed by atoms with Crippen LogP contribution >= 0.6 is 15.9 Å². The lowest BCUT2D eigenvalue weighted by Crippen LogP contribution is -2.37. The highest BCUT2D eigenvalue weighted by Crippen LogP contribution is 2.39. The molecule has 17 heavy (non-hydrogen) atoms. The summed E-state index contributed by atoms with van der Waals surface area (Å²) in [6, 6.07) is 4.51. The number of carbonyl (C=O) groups excluding carboxylic acids is 1. The number of phenolic OH excluding ortho intramolecular Hbond substituents is 1. The van der Waals surface area contributed by atoms with Gasteiger partial charge in [0, 0.05) is 11.6 Å². The van der Waals surface area contributed by atoms with E-state index in [2.05, 4.69) is 15.9 Å². The third-order valence-electron chi connectivity index (χ3n) is 2.84. The zero-order chi connectivity index (χ0) is 13.2. The molecule has 0 saturated carbocycles. The summed E-state index contributed by atoms with van der Waals surface area (Å²) in [6.07, 6.45) is 0. The van der Waals surface area contributed by atoms with Crippen molar-refractivity contribution in [1.82, 2.24) is 0 Å². The summed E-state index contributed by atoms with van der Waals surface area (Å²) in [5.41, 5.74) is 5.64. The Hall–Kier alpha value is -1.07. The summed E-state index contributed by atoms with van der Waals surface area (Å²) < 4.78 is 5.26. The van der Waals surface area contributed by atoms with Crippen LogP contribution in [0, 0.1) is 5.41 Å². The molecule has 5 heteroatoms. The highest BCUT2D eigenvalue weighted by Gasteiger charge is 2.37. The summed E-state index contributed by atoms with van der Waals surface area (Å²) in [4.78, 5) is 11.6. The molecule has 0 aromatic heterocycles. The molecule has 0 heterocycles. The molecule has 0 fully saturated rings. The Bertz CT molecular complexity index is 432. The first-order valence-electron chi connectivity index (χ1n) is 5.13. The van der Waals surface area contributed by atoms with E-state index in [0.29, 0.717) is 10.0 Å². The quantitative estimate of drug-likeness (QED) is 0.841. The number of phenols is 1. The predicted molar refractivity (Wildman–Crippen MR) is 68.5 cm³/mol. The molecule has 0 aliphatic heterocycles. The molecule has 0 aliphatic rings. The van der Waals surface area contributed by atoms with Gasteiger partial charge in [-0.25, -0.2) is 0 Å². The van der Waals surface area contributed by atoms with Crippen LogP contribution in [0.5, 0.6) is 5.75 Å². The number of aromatic hydroxyl groups is 1. The second-order valence-electron chi connectivity index (χ2n) is 4.37. The predicted octanol–water partition coefficient (Wildman–Crippen LogP) is 2.35. The van der Waals surface area contributed by atoms with E-state index in [1.54, 1.807) is 32.0 Å². The summed E-state index contributed by atoms with van der Waals surface area (Å²) in [5.74, 6) is -0.360. The number of hydrogen-bond acceptors (Lipinski definition) is 4. The smallest absolute Gasteiger partial charge is 0.313 e. The van der Waals surface area contributed by atoms with Gasteiger partial charge in [0.05, 0.1) is 17.0 Å². The van der Waals surface area contributed by atoms with Crippen LogP contribution in [0.1, 0.15) is 25.5 Å². The van der Waals surface area contributed by atoms with E-state index in [0.717, 1.165) is 0 Å². The van der Waals surface area contributed by atoms with Gasteiger partial charge in [-0.3, -0.25) is 4.79 Å². The number of rotatable bonds is 3. The van der Waals surface area contributed by atoms with Crippen molar-refractivity contribution >= 4 is 21.9 Å². The Morgan fingerprint density at radius 3 is 2.65 bits per heavy atom. The van der Waals surface area contributed by atoms with E-state index in [9.17, 15) is 9.90 Å². The molecular formula is C12H16BrNO3. The Morgan fingerprint density at radius 1 is 1.53 bits per heavy atom. The van der Waals surface area contributed by atoms with Gasteiger partial charge in [0.25, 0.3) is 0 Å². The third kappa shape index (κ3) is 2.61. The number of hydrogen-bond donors (Lipinski definition) is 2. The van der Waals surface area contributed by atoms with Gasteiger partial charge in [-0.15, -0.1) is 0 Å². The van der Waals surface area contributed by atoms with Crippen LogP contribution in [0.4, 0.5) is 0 Å². The molecule has 0 radical (unpaired) electrons. The Balaban J connectivity index is 3.16. The maximum absolute atomic E-state index is 11.6. The first-order valence-corrected chi connectivity index (χ1v) is 5.93. The number of halogens is 1. The van der Waals surface area contributed by atoms with E-state index in [1.165, 1.54) is 7.11 Å². The fourth-order valence-electron chi connectivity index (χ4n) is 1.56. The van der Waals surface area contributed by atoms with Crippen molar-refractivity contribution in [2.75, 3.05) is 7.11 Å². The molecule has 0 aliphatic carbocycles. The van der Waals surface area contributed by atoms with Gasteiger partial charge in [-0.2, -0.15) is 0 Å². The third-order valence-corrected chi connectivity index (χ3v) is 3.48. The zero-order valence-electron chi connectivity index (χ0n) is 10.0. The normalized spacial score (nSPS) is 13.2. The van der Waals surface area contributed by atoms with E-state index >= 15 is 0 Å². The summed E-state index contributed by atoms with van der Waals surface area (Å²) in [5, 5.41) is 9.91. The lowest BCUT2D eigenvalue weighted by Gasteiger charge is -2.29. The minimum absolute atomic E-state index is 0.0528. The molecule has 0 spiro atoms. The van der Waals surface area contributed by atoms with Gasteiger partial charge in [0.15, 0.2) is 0 Å². The number of nitrogens with two attached hydrogens (primary N) is 1. The summed E-state index contributed by atoms with van der Waals surface area (Å²) >= 11 is 3.21. The Kier molecular flexibility index (Phi) is 4.16. The molecule has 1 atom stereocenters. The highest BCUT2D eigenvalue weighted by atomic mass is 79.9. The summed E-state index contributed by atoms with van der Waals surface area (Å²) in [6.45, 7) is 3.37. The molecule has 1 aromatic carbocycles. The Morgan fingerprint density at radius 2 is 2.12 bits per heavy atom. The van der Waals surface area contributed by atoms with E-state index in [-0.39, 0.29) is 5.75 Å². The number of carbonyl (C=O) groups is 1. The monoisotopic (exact) mass is 301 g/mol. The van der Waals surface area contributed by atoms with Gasteiger partial charge in [0.2, 0.25) is 0 Å². The minimum Gasteiger partial charge on any atom is -0.506 e. The lowest BCUT2D eigenvalue weighted by molar-refractivity contribution is -0.152. The summed E-state index contributed by atoms with van der Waals surface area (Å²) in [7, 11) is 1.32. The van der Waals surface area contributed by atoms with Crippen LogP contribution < -0.4 is 5.73 Å². The molecular weight excluding hydrogens is 286 g/mol. The number of benzene rings is 1. The van der Waals surface area contributed by atoms with Crippen molar-refractivity contribution in [3.63, 3.8) is 0 Å². The van der Waals surface area contributed by atoms with E-state index in [4.69, 9.17) is 10.5 Å². The van der Waals surface area contributed by atoms with Gasteiger partial charge in [-0.05, 0) is 35.8 Å². The van der Waals surface area contributed by atoms with Gasteiger partial charge < -0.3 is 15.6 Å². The minimum atomic E-state index is -0.910. The number of para-hydroxylation sites is 1. The second-order valence-corrected chi connectivity index (χ2v) is 5.22. The maximum atomic E-state index is 11.6. The fraction of sp³-hybridized carbons (Fsp3) is 0.417. The molecule has 3 N–H and O–H groups in total. The molecule has 4 nitrogen and oxygen atoms in total. The van der Waals surface area contributed by atoms with Crippen LogP contribution in [0.3, 0.4) is 0 Å². The number of ether oxygens (including phenoxy) is 1. The van der Waals surface area contributed by atoms with Crippen LogP contribution in [0.25, 0.3) is 0 Å². The largest absolute Gasteiger partial charge is 0.506 e. The first kappa shape index (κ1) is 14.0. The molecule has 0 amide bonds. The van der Waals surface area contributed by atoms with Crippen molar-refractivity contribution in [2.24, 2.45) is 11.1 Å². The zero-order valence-corrected chi connectivity index (χ0v) is 11.6. The molecule has 0 bridgehead atoms. The lowest BCUT2D eigenvalue weighted by atomic mass is 9.81. The highest BCUT2D eigenvalue weighted by molar-refractivity contribution is 9.10. The average molecular weight is 302 g/mol. The molecule has 1 rings (SSSR count). The van der Waals surface area contributed by atoms with Crippen molar-refractivity contribution in [2.45, 2.75) is 19.9 Å². The van der Waals surface area contributed by atoms with Crippen molar-refractivity contribution in [1.29, 1.82) is 0 Å². The molecule has 0 unspecified atom stereocenters. The average Bonchev–Trinajstić information content (AvgIpc) is 2.30. The van der Waals surface area contributed by atoms with Crippen molar-refractivity contribution < 1.29 is 14.6 Å². The van der Waals surface area contributed by atoms with Crippen LogP contribution in [-0.2, 0) is 9.53 Å². The Labute approximate surface area is 109 Å².